The Balaban J connectivity index is 3.21. The van der Waals surface area contributed by atoms with Crippen LogP contribution in [0, 0.1) is 0 Å². The number of amides is 1. The fourth-order valence-electron chi connectivity index (χ4n) is 1.80. The number of nitrogens with zero attached hydrogens (tertiary/aromatic N) is 1. The Hall–Kier alpha value is -2.18. The standard InChI is InChI=1S/C13H16N2O5S/c1-3-5-8(12(17)18)11-10(15-13(19)20-4-2)9(6-21-11)14-7-16/h6,8H,3-5H2,1-2H3,(H,15,19)(H,17,18). The van der Waals surface area contributed by atoms with Gasteiger partial charge in [-0.2, -0.15) is 4.99 Å². The number of aliphatic imine (C=N–C) groups is 1. The molecule has 0 radical (unpaired) electrons. The molecule has 2 N–H and O–H groups in total. The van der Waals surface area contributed by atoms with Crippen LogP contribution in [0.3, 0.4) is 0 Å². The molecule has 1 aromatic rings. The zero-order valence-corrected chi connectivity index (χ0v) is 12.5. The van der Waals surface area contributed by atoms with Gasteiger partial charge >= 0.3 is 12.1 Å². The quantitative estimate of drug-likeness (QED) is 0.594. The number of nitrogens with one attached hydrogen (secondary N) is 1. The number of isocyanates is 1. The third-order valence-electron chi connectivity index (χ3n) is 2.66. The molecule has 1 atom stereocenters. The highest BCUT2D eigenvalue weighted by molar-refractivity contribution is 7.11. The van der Waals surface area contributed by atoms with Gasteiger partial charge < -0.3 is 9.84 Å². The number of carboxylic acids is 1. The summed E-state index contributed by atoms with van der Waals surface area (Å²) < 4.78 is 4.77. The zero-order chi connectivity index (χ0) is 15.8. The van der Waals surface area contributed by atoms with E-state index < -0.39 is 18.0 Å². The van der Waals surface area contributed by atoms with E-state index in [9.17, 15) is 19.5 Å². The van der Waals surface area contributed by atoms with Gasteiger partial charge in [0, 0.05) is 10.3 Å². The summed E-state index contributed by atoms with van der Waals surface area (Å²) in [5, 5.41) is 13.3. The number of carboxylic acid groups (broad SMARTS) is 1. The summed E-state index contributed by atoms with van der Waals surface area (Å²) in [4.78, 5) is 37.3. The predicted octanol–water partition coefficient (Wildman–Crippen LogP) is 3.25. The maximum Gasteiger partial charge on any atom is 0.411 e. The molecule has 114 valence electrons. The van der Waals surface area contributed by atoms with Crippen molar-refractivity contribution in [1.29, 1.82) is 0 Å². The van der Waals surface area contributed by atoms with Gasteiger partial charge in [0.05, 0.1) is 18.2 Å². The van der Waals surface area contributed by atoms with Gasteiger partial charge in [-0.15, -0.1) is 11.3 Å². The van der Waals surface area contributed by atoms with Crippen LogP contribution in [-0.2, 0) is 14.3 Å². The van der Waals surface area contributed by atoms with E-state index in [1.807, 2.05) is 6.92 Å². The van der Waals surface area contributed by atoms with Crippen molar-refractivity contribution in [2.24, 2.45) is 4.99 Å². The van der Waals surface area contributed by atoms with Gasteiger partial charge in [0.25, 0.3) is 0 Å². The van der Waals surface area contributed by atoms with E-state index in [4.69, 9.17) is 4.74 Å². The molecule has 0 saturated heterocycles. The average molecular weight is 312 g/mol. The van der Waals surface area contributed by atoms with Crippen molar-refractivity contribution in [3.63, 3.8) is 0 Å². The Morgan fingerprint density at radius 1 is 1.52 bits per heavy atom. The minimum atomic E-state index is -0.993. The van der Waals surface area contributed by atoms with Crippen molar-refractivity contribution in [1.82, 2.24) is 0 Å². The second-order valence-electron chi connectivity index (χ2n) is 4.09. The first-order valence-corrected chi connectivity index (χ1v) is 7.28. The second kappa shape index (κ2) is 8.18. The van der Waals surface area contributed by atoms with Crippen LogP contribution in [0.4, 0.5) is 16.2 Å². The molecule has 0 aliphatic heterocycles. The maximum atomic E-state index is 11.6. The van der Waals surface area contributed by atoms with E-state index in [2.05, 4.69) is 10.3 Å². The molecule has 7 nitrogen and oxygen atoms in total. The number of aliphatic carboxylic acids is 1. The van der Waals surface area contributed by atoms with Gasteiger partial charge in [0.2, 0.25) is 6.08 Å². The minimum absolute atomic E-state index is 0.176. The van der Waals surface area contributed by atoms with Gasteiger partial charge in [0.1, 0.15) is 5.69 Å². The molecule has 1 rings (SSSR count). The normalized spacial score (nSPS) is 11.3. The van der Waals surface area contributed by atoms with E-state index in [1.54, 1.807) is 6.92 Å². The summed E-state index contributed by atoms with van der Waals surface area (Å²) in [6.07, 6.45) is 1.74. The molecule has 1 heterocycles. The summed E-state index contributed by atoms with van der Waals surface area (Å²) in [6.45, 7) is 3.69. The number of anilines is 1. The summed E-state index contributed by atoms with van der Waals surface area (Å²) >= 11 is 1.13. The van der Waals surface area contributed by atoms with Crippen molar-refractivity contribution in [3.05, 3.63) is 10.3 Å². The molecule has 0 bridgehead atoms. The summed E-state index contributed by atoms with van der Waals surface area (Å²) in [5.41, 5.74) is 0.378. The van der Waals surface area contributed by atoms with Gasteiger partial charge in [-0.25, -0.2) is 9.59 Å². The Morgan fingerprint density at radius 3 is 2.76 bits per heavy atom. The van der Waals surface area contributed by atoms with Crippen LogP contribution < -0.4 is 5.32 Å². The topological polar surface area (TPSA) is 105 Å². The molecule has 0 aromatic carbocycles. The van der Waals surface area contributed by atoms with Crippen LogP contribution in [0.5, 0.6) is 0 Å². The largest absolute Gasteiger partial charge is 0.481 e. The molecule has 1 amide bonds. The molecule has 1 aromatic heterocycles. The number of hydrogen-bond acceptors (Lipinski definition) is 6. The molecule has 0 saturated carbocycles. The van der Waals surface area contributed by atoms with Crippen molar-refractivity contribution < 1.29 is 24.2 Å². The molecule has 8 heteroatoms. The fourth-order valence-corrected chi connectivity index (χ4v) is 2.87. The smallest absolute Gasteiger partial charge is 0.411 e. The van der Waals surface area contributed by atoms with Crippen LogP contribution in [0.1, 0.15) is 37.5 Å². The SMILES string of the molecule is CCCC(C(=O)O)c1scc(N=C=O)c1NC(=O)OCC. The molecular weight excluding hydrogens is 296 g/mol. The highest BCUT2D eigenvalue weighted by Gasteiger charge is 2.27. The van der Waals surface area contributed by atoms with E-state index in [0.29, 0.717) is 17.7 Å². The lowest BCUT2D eigenvalue weighted by Gasteiger charge is -2.13. The van der Waals surface area contributed by atoms with Crippen molar-refractivity contribution in [2.75, 3.05) is 11.9 Å². The van der Waals surface area contributed by atoms with Crippen LogP contribution in [0.2, 0.25) is 0 Å². The maximum absolute atomic E-state index is 11.6. The monoisotopic (exact) mass is 312 g/mol. The highest BCUT2D eigenvalue weighted by atomic mass is 32.1. The number of thiophene rings is 1. The minimum Gasteiger partial charge on any atom is -0.481 e. The molecule has 0 spiro atoms. The number of hydrogen-bond donors (Lipinski definition) is 2. The Kier molecular flexibility index (Phi) is 6.58. The predicted molar refractivity (Wildman–Crippen MR) is 78.0 cm³/mol. The molecule has 0 fully saturated rings. The lowest BCUT2D eigenvalue weighted by molar-refractivity contribution is -0.138. The van der Waals surface area contributed by atoms with Gasteiger partial charge in [-0.05, 0) is 13.3 Å². The molecule has 0 aliphatic rings. The number of carbonyl (C=O) groups excluding carboxylic acids is 2. The van der Waals surface area contributed by atoms with Crippen LogP contribution in [-0.4, -0.2) is 29.9 Å². The first-order chi connectivity index (χ1) is 10.0. The molecular formula is C13H16N2O5S. The Labute approximate surface area is 125 Å². The number of rotatable bonds is 7. The van der Waals surface area contributed by atoms with Crippen LogP contribution >= 0.6 is 11.3 Å². The van der Waals surface area contributed by atoms with Gasteiger partial charge in [-0.3, -0.25) is 10.1 Å². The van der Waals surface area contributed by atoms with Gasteiger partial charge in [0.15, 0.2) is 0 Å². The molecule has 21 heavy (non-hydrogen) atoms. The van der Waals surface area contributed by atoms with Crippen molar-refractivity contribution in [2.45, 2.75) is 32.6 Å². The number of ether oxygens (including phenoxy) is 1. The molecule has 0 aliphatic carbocycles. The lowest BCUT2D eigenvalue weighted by atomic mass is 10.0. The van der Waals surface area contributed by atoms with E-state index in [0.717, 1.165) is 11.3 Å². The van der Waals surface area contributed by atoms with Crippen LogP contribution in [0.15, 0.2) is 10.4 Å². The number of carbonyl (C=O) groups is 2. The van der Waals surface area contributed by atoms with Gasteiger partial charge in [-0.1, -0.05) is 13.3 Å². The van der Waals surface area contributed by atoms with E-state index in [1.165, 1.54) is 11.5 Å². The lowest BCUT2D eigenvalue weighted by Crippen LogP contribution is -2.17. The van der Waals surface area contributed by atoms with Crippen LogP contribution in [0.25, 0.3) is 0 Å². The third-order valence-corrected chi connectivity index (χ3v) is 3.74. The highest BCUT2D eigenvalue weighted by Crippen LogP contribution is 2.41. The third kappa shape index (κ3) is 4.40. The van der Waals surface area contributed by atoms with E-state index >= 15 is 0 Å². The second-order valence-corrected chi connectivity index (χ2v) is 5.00. The average Bonchev–Trinajstić information content (AvgIpc) is 2.79. The molecule has 1 unspecified atom stereocenters. The van der Waals surface area contributed by atoms with Crippen molar-refractivity contribution in [3.8, 4) is 0 Å². The summed E-state index contributed by atoms with van der Waals surface area (Å²) in [6, 6.07) is 0. The Bertz CT molecular complexity index is 563. The summed E-state index contributed by atoms with van der Waals surface area (Å²) in [7, 11) is 0. The first kappa shape index (κ1) is 16.9. The van der Waals surface area contributed by atoms with Crippen molar-refractivity contribution >= 4 is 40.9 Å². The Morgan fingerprint density at radius 2 is 2.24 bits per heavy atom. The fraction of sp³-hybridized carbons (Fsp3) is 0.462. The zero-order valence-electron chi connectivity index (χ0n) is 11.7. The van der Waals surface area contributed by atoms with E-state index in [-0.39, 0.29) is 18.0 Å². The summed E-state index contributed by atoms with van der Waals surface area (Å²) in [5.74, 6) is -1.76. The first-order valence-electron chi connectivity index (χ1n) is 6.40.